The maximum atomic E-state index is 11.2. The summed E-state index contributed by atoms with van der Waals surface area (Å²) in [7, 11) is 0. The Morgan fingerprint density at radius 3 is 2.69 bits per heavy atom. The predicted octanol–water partition coefficient (Wildman–Crippen LogP) is -0.641. The predicted molar refractivity (Wildman–Crippen MR) is 59.9 cm³/mol. The van der Waals surface area contributed by atoms with E-state index in [2.05, 4.69) is 16.9 Å². The highest BCUT2D eigenvalue weighted by molar-refractivity contribution is 5.95. The lowest BCUT2D eigenvalue weighted by atomic mass is 10.1. The number of rotatable bonds is 2. The fourth-order valence-corrected chi connectivity index (χ4v) is 1.90. The molecular formula is C10H15N5O. The van der Waals surface area contributed by atoms with E-state index in [9.17, 15) is 4.79 Å². The zero-order valence-corrected chi connectivity index (χ0v) is 9.13. The van der Waals surface area contributed by atoms with Crippen LogP contribution in [-0.4, -0.2) is 35.0 Å². The average Bonchev–Trinajstić information content (AvgIpc) is 2.59. The van der Waals surface area contributed by atoms with E-state index in [0.717, 1.165) is 6.54 Å². The molecule has 6 nitrogen and oxygen atoms in total. The van der Waals surface area contributed by atoms with Crippen molar-refractivity contribution in [1.82, 2.24) is 9.97 Å². The van der Waals surface area contributed by atoms with E-state index in [-0.39, 0.29) is 11.7 Å². The van der Waals surface area contributed by atoms with Crippen LogP contribution in [0.3, 0.4) is 0 Å². The van der Waals surface area contributed by atoms with Crippen LogP contribution in [0, 0.1) is 5.92 Å². The first kappa shape index (κ1) is 10.8. The molecule has 2 atom stereocenters. The van der Waals surface area contributed by atoms with Gasteiger partial charge in [-0.15, -0.1) is 0 Å². The topological polar surface area (TPSA) is 98.1 Å². The Hall–Kier alpha value is -1.69. The maximum Gasteiger partial charge on any atom is 0.271 e. The highest BCUT2D eigenvalue weighted by atomic mass is 16.1. The van der Waals surface area contributed by atoms with Gasteiger partial charge in [0.05, 0.1) is 0 Å². The van der Waals surface area contributed by atoms with Crippen molar-refractivity contribution in [2.75, 3.05) is 18.0 Å². The summed E-state index contributed by atoms with van der Waals surface area (Å²) in [5.74, 6) is 0.355. The number of hydrogen-bond acceptors (Lipinski definition) is 5. The van der Waals surface area contributed by atoms with Gasteiger partial charge in [0.2, 0.25) is 0 Å². The molecule has 1 aromatic rings. The van der Waals surface area contributed by atoms with Crippen LogP contribution in [0.2, 0.25) is 0 Å². The van der Waals surface area contributed by atoms with Crippen LogP contribution in [0.5, 0.6) is 0 Å². The molecule has 1 fully saturated rings. The van der Waals surface area contributed by atoms with E-state index < -0.39 is 5.91 Å². The van der Waals surface area contributed by atoms with Gasteiger partial charge in [-0.05, 0) is 5.92 Å². The molecule has 0 aromatic carbocycles. The molecule has 2 rings (SSSR count). The lowest BCUT2D eigenvalue weighted by Gasteiger charge is -2.18. The number of hydrogen-bond donors (Lipinski definition) is 2. The standard InChI is InChI=1S/C10H15N5O/c1-6-4-15(5-7(6)11)10-8(9(12)16)13-2-3-14-10/h2-3,6-7H,4-5,11H2,1H3,(H2,12,16). The molecular weight excluding hydrogens is 206 g/mol. The number of amides is 1. The second-order valence-corrected chi connectivity index (χ2v) is 4.14. The molecule has 1 aromatic heterocycles. The Balaban J connectivity index is 2.31. The van der Waals surface area contributed by atoms with E-state index >= 15 is 0 Å². The Morgan fingerprint density at radius 1 is 1.44 bits per heavy atom. The Kier molecular flexibility index (Phi) is 2.74. The van der Waals surface area contributed by atoms with Crippen molar-refractivity contribution in [2.24, 2.45) is 17.4 Å². The molecule has 2 heterocycles. The quantitative estimate of drug-likeness (QED) is 0.692. The third kappa shape index (κ3) is 1.83. The summed E-state index contributed by atoms with van der Waals surface area (Å²) >= 11 is 0. The van der Waals surface area contributed by atoms with Crippen molar-refractivity contribution in [1.29, 1.82) is 0 Å². The van der Waals surface area contributed by atoms with Crippen LogP contribution in [0.4, 0.5) is 5.82 Å². The number of nitrogens with two attached hydrogens (primary N) is 2. The van der Waals surface area contributed by atoms with Crippen LogP contribution in [-0.2, 0) is 0 Å². The van der Waals surface area contributed by atoms with Crippen molar-refractivity contribution in [3.05, 3.63) is 18.1 Å². The fraction of sp³-hybridized carbons (Fsp3) is 0.500. The molecule has 0 saturated carbocycles. The third-order valence-electron chi connectivity index (χ3n) is 2.88. The smallest absolute Gasteiger partial charge is 0.271 e. The van der Waals surface area contributed by atoms with Crippen LogP contribution < -0.4 is 16.4 Å². The Bertz CT molecular complexity index is 398. The van der Waals surface area contributed by atoms with Crippen LogP contribution in [0.1, 0.15) is 17.4 Å². The monoisotopic (exact) mass is 221 g/mol. The van der Waals surface area contributed by atoms with Crippen molar-refractivity contribution < 1.29 is 4.79 Å². The molecule has 0 aliphatic carbocycles. The number of carbonyl (C=O) groups is 1. The largest absolute Gasteiger partial charge is 0.364 e. The van der Waals surface area contributed by atoms with E-state index in [1.54, 1.807) is 6.20 Å². The number of primary amides is 1. The lowest BCUT2D eigenvalue weighted by Crippen LogP contribution is -2.30. The molecule has 1 aliphatic heterocycles. The van der Waals surface area contributed by atoms with Gasteiger partial charge in [-0.1, -0.05) is 6.92 Å². The van der Waals surface area contributed by atoms with Crippen molar-refractivity contribution in [2.45, 2.75) is 13.0 Å². The summed E-state index contributed by atoms with van der Waals surface area (Å²) in [4.78, 5) is 21.3. The van der Waals surface area contributed by atoms with Gasteiger partial charge < -0.3 is 16.4 Å². The van der Waals surface area contributed by atoms with E-state index in [1.165, 1.54) is 6.20 Å². The van der Waals surface area contributed by atoms with Gasteiger partial charge in [0.15, 0.2) is 11.5 Å². The molecule has 0 radical (unpaired) electrons. The minimum atomic E-state index is -0.559. The average molecular weight is 221 g/mol. The molecule has 6 heteroatoms. The summed E-state index contributed by atoms with van der Waals surface area (Å²) in [6.07, 6.45) is 3.01. The molecule has 1 aliphatic rings. The normalized spacial score (nSPS) is 24.8. The minimum absolute atomic E-state index is 0.0998. The first-order valence-corrected chi connectivity index (χ1v) is 5.21. The zero-order valence-electron chi connectivity index (χ0n) is 9.13. The van der Waals surface area contributed by atoms with Crippen molar-refractivity contribution in [3.63, 3.8) is 0 Å². The summed E-state index contributed by atoms with van der Waals surface area (Å²) in [6, 6.07) is 0.0998. The molecule has 2 unspecified atom stereocenters. The Labute approximate surface area is 93.7 Å². The molecule has 1 saturated heterocycles. The summed E-state index contributed by atoms with van der Waals surface area (Å²) < 4.78 is 0. The molecule has 16 heavy (non-hydrogen) atoms. The number of nitrogens with zero attached hydrogens (tertiary/aromatic N) is 3. The molecule has 0 bridgehead atoms. The SMILES string of the molecule is CC1CN(c2nccnc2C(N)=O)CC1N. The highest BCUT2D eigenvalue weighted by Crippen LogP contribution is 2.22. The molecule has 4 N–H and O–H groups in total. The third-order valence-corrected chi connectivity index (χ3v) is 2.88. The van der Waals surface area contributed by atoms with Crippen LogP contribution >= 0.6 is 0 Å². The van der Waals surface area contributed by atoms with Crippen molar-refractivity contribution in [3.8, 4) is 0 Å². The molecule has 86 valence electrons. The maximum absolute atomic E-state index is 11.2. The van der Waals surface area contributed by atoms with Gasteiger partial charge >= 0.3 is 0 Å². The fourth-order valence-electron chi connectivity index (χ4n) is 1.90. The first-order valence-electron chi connectivity index (χ1n) is 5.21. The van der Waals surface area contributed by atoms with E-state index in [0.29, 0.717) is 18.3 Å². The van der Waals surface area contributed by atoms with Gasteiger partial charge in [0.25, 0.3) is 5.91 Å². The molecule has 1 amide bonds. The number of anilines is 1. The lowest BCUT2D eigenvalue weighted by molar-refractivity contribution is 0.0995. The van der Waals surface area contributed by atoms with Crippen molar-refractivity contribution >= 4 is 11.7 Å². The van der Waals surface area contributed by atoms with Crippen LogP contribution in [0.25, 0.3) is 0 Å². The van der Waals surface area contributed by atoms with Crippen LogP contribution in [0.15, 0.2) is 12.4 Å². The second kappa shape index (κ2) is 4.05. The zero-order chi connectivity index (χ0) is 11.7. The molecule has 0 spiro atoms. The number of aromatic nitrogens is 2. The van der Waals surface area contributed by atoms with Gasteiger partial charge in [-0.2, -0.15) is 0 Å². The number of carbonyl (C=O) groups excluding carboxylic acids is 1. The van der Waals surface area contributed by atoms with E-state index in [1.807, 2.05) is 4.90 Å². The highest BCUT2D eigenvalue weighted by Gasteiger charge is 2.29. The van der Waals surface area contributed by atoms with E-state index in [4.69, 9.17) is 11.5 Å². The minimum Gasteiger partial charge on any atom is -0.364 e. The van der Waals surface area contributed by atoms with Gasteiger partial charge in [0.1, 0.15) is 0 Å². The van der Waals surface area contributed by atoms with Gasteiger partial charge in [-0.3, -0.25) is 4.79 Å². The summed E-state index contributed by atoms with van der Waals surface area (Å²) in [6.45, 7) is 3.53. The Morgan fingerprint density at radius 2 is 2.12 bits per heavy atom. The van der Waals surface area contributed by atoms with Gasteiger partial charge in [0, 0.05) is 31.5 Å². The summed E-state index contributed by atoms with van der Waals surface area (Å²) in [5, 5.41) is 0. The second-order valence-electron chi connectivity index (χ2n) is 4.14. The van der Waals surface area contributed by atoms with Gasteiger partial charge in [-0.25, -0.2) is 9.97 Å². The first-order chi connectivity index (χ1) is 7.59. The summed E-state index contributed by atoms with van der Waals surface area (Å²) in [5.41, 5.74) is 11.4.